The van der Waals surface area contributed by atoms with E-state index in [0.29, 0.717) is 30.9 Å². The summed E-state index contributed by atoms with van der Waals surface area (Å²) in [6.07, 6.45) is 0.714. The summed E-state index contributed by atoms with van der Waals surface area (Å²) in [5.41, 5.74) is 8.82. The highest BCUT2D eigenvalue weighted by Gasteiger charge is 2.24. The molecule has 1 aromatic carbocycles. The van der Waals surface area contributed by atoms with Crippen molar-refractivity contribution in [2.75, 3.05) is 23.3 Å². The summed E-state index contributed by atoms with van der Waals surface area (Å²) in [4.78, 5) is 4.10. The molecular weight excluding hydrogens is 222 g/mol. The molecular formula is C10H15N5O2. The molecule has 1 aliphatic heterocycles. The minimum Gasteiger partial charge on any atom is -0.330 e. The van der Waals surface area contributed by atoms with Gasteiger partial charge >= 0.3 is 0 Å². The molecule has 0 bridgehead atoms. The highest BCUT2D eigenvalue weighted by Crippen LogP contribution is 2.29. The number of hydrogen-bond acceptors (Lipinski definition) is 5. The summed E-state index contributed by atoms with van der Waals surface area (Å²) in [5.74, 6) is 0.166. The number of rotatable bonds is 3. The van der Waals surface area contributed by atoms with Crippen molar-refractivity contribution in [3.8, 4) is 0 Å². The van der Waals surface area contributed by atoms with E-state index in [4.69, 9.17) is 5.73 Å². The number of aliphatic imine (C=N–C) groups is 1. The number of hydrogen-bond donors (Lipinski definition) is 4. The lowest BCUT2D eigenvalue weighted by Crippen LogP contribution is -2.52. The van der Waals surface area contributed by atoms with Crippen LogP contribution in [0.3, 0.4) is 0 Å². The Morgan fingerprint density at radius 2 is 1.94 bits per heavy atom. The average molecular weight is 237 g/mol. The molecule has 17 heavy (non-hydrogen) atoms. The van der Waals surface area contributed by atoms with Gasteiger partial charge in [0, 0.05) is 6.54 Å². The summed E-state index contributed by atoms with van der Waals surface area (Å²) in [7, 11) is 0. The Hall–Kier alpha value is -1.83. The molecule has 0 saturated heterocycles. The van der Waals surface area contributed by atoms with Crippen LogP contribution in [-0.4, -0.2) is 29.5 Å². The number of para-hydroxylation sites is 2. The second kappa shape index (κ2) is 5.00. The zero-order valence-corrected chi connectivity index (χ0v) is 9.24. The zero-order chi connectivity index (χ0) is 12.3. The normalized spacial score (nSPS) is 17.0. The molecule has 1 aliphatic rings. The molecule has 5 N–H and O–H groups in total. The molecule has 0 spiro atoms. The average Bonchev–Trinajstić information content (AvgIpc) is 2.36. The third-order valence-electron chi connectivity index (χ3n) is 2.37. The number of nitrogens with zero attached hydrogens (tertiary/aromatic N) is 3. The van der Waals surface area contributed by atoms with Gasteiger partial charge in [-0.05, 0) is 25.1 Å². The minimum atomic E-state index is 0.166. The molecule has 0 aliphatic carbocycles. The van der Waals surface area contributed by atoms with Crippen molar-refractivity contribution in [1.29, 1.82) is 0 Å². The molecule has 0 radical (unpaired) electrons. The second-order valence-corrected chi connectivity index (χ2v) is 3.57. The minimum absolute atomic E-state index is 0.166. The maximum atomic E-state index is 9.91. The van der Waals surface area contributed by atoms with Gasteiger partial charge in [0.1, 0.15) is 11.4 Å². The number of benzene rings is 1. The maximum absolute atomic E-state index is 9.91. The van der Waals surface area contributed by atoms with Gasteiger partial charge < -0.3 is 5.73 Å². The number of fused-ring (bicyclic) bond motifs is 1. The molecule has 0 atom stereocenters. The van der Waals surface area contributed by atoms with E-state index in [1.54, 1.807) is 24.3 Å². The number of anilines is 2. The predicted octanol–water partition coefficient (Wildman–Crippen LogP) is 0.301. The third kappa shape index (κ3) is 2.31. The molecule has 0 fully saturated rings. The van der Waals surface area contributed by atoms with Gasteiger partial charge in [0.15, 0.2) is 0 Å². The molecule has 1 heterocycles. The lowest BCUT2D eigenvalue weighted by molar-refractivity contribution is 0.216. The fourth-order valence-electron chi connectivity index (χ4n) is 1.52. The van der Waals surface area contributed by atoms with Crippen LogP contribution < -0.4 is 21.4 Å². The Morgan fingerprint density at radius 3 is 2.65 bits per heavy atom. The first-order valence-corrected chi connectivity index (χ1v) is 5.32. The van der Waals surface area contributed by atoms with Crippen LogP contribution in [0.1, 0.15) is 6.42 Å². The molecule has 2 rings (SSSR count). The molecule has 0 unspecified atom stereocenters. The first kappa shape index (κ1) is 11.6. The van der Waals surface area contributed by atoms with E-state index in [9.17, 15) is 10.4 Å². The van der Waals surface area contributed by atoms with Gasteiger partial charge in [0.25, 0.3) is 0 Å². The molecule has 92 valence electrons. The van der Waals surface area contributed by atoms with Crippen molar-refractivity contribution >= 4 is 17.3 Å². The topological polar surface area (TPSA) is 97.3 Å². The van der Waals surface area contributed by atoms with Crippen molar-refractivity contribution in [2.45, 2.75) is 6.42 Å². The van der Waals surface area contributed by atoms with Gasteiger partial charge in [-0.25, -0.2) is 10.4 Å². The Labute approximate surface area is 98.7 Å². The van der Waals surface area contributed by atoms with E-state index < -0.39 is 0 Å². The van der Waals surface area contributed by atoms with Gasteiger partial charge in [0.05, 0.1) is 0 Å². The lowest BCUT2D eigenvalue weighted by atomic mass is 10.2. The maximum Gasteiger partial charge on any atom is 0.244 e. The van der Waals surface area contributed by atoms with Gasteiger partial charge in [0.2, 0.25) is 5.96 Å². The molecule has 0 saturated carbocycles. The standard InChI is InChI=1S/C10H15N5O2/c11-6-3-7-12-10-13-15(17)9-5-2-1-4-8(9)14(10)16/h1-2,4-5,16-17H,3,6-7,11H2,(H,12,13). The van der Waals surface area contributed by atoms with Crippen molar-refractivity contribution in [1.82, 2.24) is 5.43 Å². The van der Waals surface area contributed by atoms with Crippen molar-refractivity contribution in [2.24, 2.45) is 10.7 Å². The van der Waals surface area contributed by atoms with Crippen LogP contribution in [0.15, 0.2) is 29.3 Å². The van der Waals surface area contributed by atoms with Crippen LogP contribution in [0.5, 0.6) is 0 Å². The van der Waals surface area contributed by atoms with E-state index in [1.807, 2.05) is 0 Å². The van der Waals surface area contributed by atoms with E-state index in [1.165, 1.54) is 0 Å². The predicted molar refractivity (Wildman–Crippen MR) is 64.1 cm³/mol. The quantitative estimate of drug-likeness (QED) is 0.565. The van der Waals surface area contributed by atoms with E-state index in [-0.39, 0.29) is 5.96 Å². The van der Waals surface area contributed by atoms with E-state index in [2.05, 4.69) is 10.4 Å². The largest absolute Gasteiger partial charge is 0.330 e. The van der Waals surface area contributed by atoms with Crippen molar-refractivity contribution in [3.05, 3.63) is 24.3 Å². The SMILES string of the molecule is NCCCN=C1NN(O)c2ccccc2N1O. The molecule has 1 aromatic rings. The summed E-state index contributed by atoms with van der Waals surface area (Å²) >= 11 is 0. The van der Waals surface area contributed by atoms with Crippen LogP contribution >= 0.6 is 0 Å². The van der Waals surface area contributed by atoms with Crippen LogP contribution in [0.4, 0.5) is 11.4 Å². The van der Waals surface area contributed by atoms with E-state index in [0.717, 1.165) is 10.2 Å². The van der Waals surface area contributed by atoms with Gasteiger partial charge in [-0.2, -0.15) is 10.2 Å². The first-order valence-electron chi connectivity index (χ1n) is 5.32. The Balaban J connectivity index is 2.23. The van der Waals surface area contributed by atoms with Crippen LogP contribution in [0.2, 0.25) is 0 Å². The summed E-state index contributed by atoms with van der Waals surface area (Å²) in [5, 5.41) is 21.3. The fourth-order valence-corrected chi connectivity index (χ4v) is 1.52. The summed E-state index contributed by atoms with van der Waals surface area (Å²) < 4.78 is 0. The van der Waals surface area contributed by atoms with Gasteiger partial charge in [-0.15, -0.1) is 0 Å². The highest BCUT2D eigenvalue weighted by atomic mass is 16.6. The molecule has 7 nitrogen and oxygen atoms in total. The fraction of sp³-hybridized carbons (Fsp3) is 0.300. The zero-order valence-electron chi connectivity index (χ0n) is 9.24. The van der Waals surface area contributed by atoms with E-state index >= 15 is 0 Å². The summed E-state index contributed by atoms with van der Waals surface area (Å²) in [6.45, 7) is 1.01. The first-order chi connectivity index (χ1) is 8.24. The second-order valence-electron chi connectivity index (χ2n) is 3.57. The number of hydrazine groups is 1. The van der Waals surface area contributed by atoms with Crippen LogP contribution in [-0.2, 0) is 0 Å². The number of nitrogens with two attached hydrogens (primary N) is 1. The van der Waals surface area contributed by atoms with Crippen molar-refractivity contribution in [3.63, 3.8) is 0 Å². The Kier molecular flexibility index (Phi) is 3.43. The Bertz CT molecular complexity index is 423. The lowest BCUT2D eigenvalue weighted by Gasteiger charge is -2.32. The highest BCUT2D eigenvalue weighted by molar-refractivity contribution is 6.00. The molecule has 0 aromatic heterocycles. The number of nitrogens with one attached hydrogen (secondary N) is 1. The van der Waals surface area contributed by atoms with Gasteiger partial charge in [-0.1, -0.05) is 12.1 Å². The number of guanidine groups is 1. The van der Waals surface area contributed by atoms with Crippen LogP contribution in [0.25, 0.3) is 0 Å². The Morgan fingerprint density at radius 1 is 1.24 bits per heavy atom. The number of hydroxylamine groups is 1. The molecule has 7 heteroatoms. The van der Waals surface area contributed by atoms with Gasteiger partial charge in [-0.3, -0.25) is 10.4 Å². The van der Waals surface area contributed by atoms with Crippen LogP contribution in [0, 0.1) is 0 Å². The smallest absolute Gasteiger partial charge is 0.244 e. The third-order valence-corrected chi connectivity index (χ3v) is 2.37. The molecule has 0 amide bonds. The van der Waals surface area contributed by atoms with Crippen molar-refractivity contribution < 1.29 is 10.4 Å². The monoisotopic (exact) mass is 237 g/mol. The summed E-state index contributed by atoms with van der Waals surface area (Å²) in [6, 6.07) is 6.87.